The van der Waals surface area contributed by atoms with E-state index < -0.39 is 0 Å². The first-order valence-corrected chi connectivity index (χ1v) is 8.52. The number of hydrogen-bond donors (Lipinski definition) is 0. The van der Waals surface area contributed by atoms with Crippen LogP contribution in [0, 0.1) is 11.8 Å². The largest absolute Gasteiger partial charge is 0.0622 e. The molecule has 21 heavy (non-hydrogen) atoms. The number of benzene rings is 2. The summed E-state index contributed by atoms with van der Waals surface area (Å²) in [6.45, 7) is 0. The average molecular weight is 276 g/mol. The van der Waals surface area contributed by atoms with Gasteiger partial charge in [0.1, 0.15) is 0 Å². The van der Waals surface area contributed by atoms with Crippen molar-refractivity contribution in [3.05, 3.63) is 71.8 Å². The zero-order valence-corrected chi connectivity index (χ0v) is 12.7. The third-order valence-electron chi connectivity index (χ3n) is 6.03. The molecule has 108 valence electrons. The minimum atomic E-state index is 0.271. The molecule has 2 atom stereocenters. The van der Waals surface area contributed by atoms with Crippen molar-refractivity contribution in [2.75, 3.05) is 0 Å². The van der Waals surface area contributed by atoms with Crippen molar-refractivity contribution in [3.63, 3.8) is 0 Å². The van der Waals surface area contributed by atoms with Crippen LogP contribution in [0.4, 0.5) is 0 Å². The second kappa shape index (κ2) is 5.33. The Morgan fingerprint density at radius 3 is 1.86 bits per heavy atom. The molecule has 2 aromatic carbocycles. The lowest BCUT2D eigenvalue weighted by Gasteiger charge is -2.41. The van der Waals surface area contributed by atoms with Crippen molar-refractivity contribution in [1.29, 1.82) is 0 Å². The minimum absolute atomic E-state index is 0.271. The Kier molecular flexibility index (Phi) is 3.33. The van der Waals surface area contributed by atoms with Crippen molar-refractivity contribution >= 4 is 0 Å². The summed E-state index contributed by atoms with van der Waals surface area (Å²) < 4.78 is 0. The second-order valence-corrected chi connectivity index (χ2v) is 6.89. The highest BCUT2D eigenvalue weighted by molar-refractivity contribution is 5.42. The van der Waals surface area contributed by atoms with Crippen LogP contribution in [-0.4, -0.2) is 0 Å². The first-order valence-electron chi connectivity index (χ1n) is 8.52. The Balaban J connectivity index is 1.87. The van der Waals surface area contributed by atoms with Crippen LogP contribution in [0.25, 0.3) is 0 Å². The fourth-order valence-corrected chi connectivity index (χ4v) is 5.16. The van der Waals surface area contributed by atoms with Gasteiger partial charge in [-0.25, -0.2) is 0 Å². The fourth-order valence-electron chi connectivity index (χ4n) is 5.16. The van der Waals surface area contributed by atoms with Crippen LogP contribution < -0.4 is 0 Å². The molecule has 0 radical (unpaired) electrons. The monoisotopic (exact) mass is 276 g/mol. The van der Waals surface area contributed by atoms with E-state index in [1.54, 1.807) is 11.1 Å². The van der Waals surface area contributed by atoms with Crippen LogP contribution in [0.15, 0.2) is 60.7 Å². The van der Waals surface area contributed by atoms with Crippen molar-refractivity contribution in [2.24, 2.45) is 11.8 Å². The van der Waals surface area contributed by atoms with Gasteiger partial charge >= 0.3 is 0 Å². The molecular weight excluding hydrogens is 252 g/mol. The summed E-state index contributed by atoms with van der Waals surface area (Å²) in [5.41, 5.74) is 3.37. The van der Waals surface area contributed by atoms with Gasteiger partial charge in [0.15, 0.2) is 0 Å². The predicted octanol–water partition coefficient (Wildman–Crippen LogP) is 5.57. The van der Waals surface area contributed by atoms with Gasteiger partial charge in [-0.3, -0.25) is 0 Å². The summed E-state index contributed by atoms with van der Waals surface area (Å²) in [5, 5.41) is 0. The van der Waals surface area contributed by atoms with E-state index in [0.29, 0.717) is 0 Å². The highest BCUT2D eigenvalue weighted by Crippen LogP contribution is 2.57. The fraction of sp³-hybridized carbons (Fsp3) is 0.429. The lowest BCUT2D eigenvalue weighted by atomic mass is 9.63. The highest BCUT2D eigenvalue weighted by Gasteiger charge is 2.50. The van der Waals surface area contributed by atoms with Gasteiger partial charge in [-0.15, -0.1) is 0 Å². The Bertz CT molecular complexity index is 544. The Labute approximate surface area is 128 Å². The van der Waals surface area contributed by atoms with Gasteiger partial charge in [-0.1, -0.05) is 79.9 Å². The van der Waals surface area contributed by atoms with Crippen LogP contribution in [0.3, 0.4) is 0 Å². The molecule has 0 aromatic heterocycles. The predicted molar refractivity (Wildman–Crippen MR) is 88.3 cm³/mol. The molecule has 2 aliphatic rings. The molecule has 2 aromatic rings. The van der Waals surface area contributed by atoms with E-state index in [9.17, 15) is 0 Å². The topological polar surface area (TPSA) is 0 Å². The van der Waals surface area contributed by atoms with E-state index in [2.05, 4.69) is 60.7 Å². The van der Waals surface area contributed by atoms with Gasteiger partial charge in [-0.2, -0.15) is 0 Å². The lowest BCUT2D eigenvalue weighted by molar-refractivity contribution is 0.221. The summed E-state index contributed by atoms with van der Waals surface area (Å²) in [4.78, 5) is 0. The van der Waals surface area contributed by atoms with Crippen LogP contribution >= 0.6 is 0 Å². The molecule has 4 rings (SSSR count). The standard InChI is InChI=1S/C21H24/c1-3-10-18(11-4-1)21(19-12-5-2-6-13-19)16-15-17-9-7-8-14-20(17)21/h1-6,10-13,17,20H,7-9,14-16H2. The Morgan fingerprint density at radius 1 is 0.667 bits per heavy atom. The summed E-state index contributed by atoms with van der Waals surface area (Å²) in [6.07, 6.45) is 8.47. The van der Waals surface area contributed by atoms with E-state index in [1.807, 2.05) is 0 Å². The summed E-state index contributed by atoms with van der Waals surface area (Å²) in [7, 11) is 0. The van der Waals surface area contributed by atoms with Gasteiger partial charge < -0.3 is 0 Å². The molecule has 0 aliphatic heterocycles. The quantitative estimate of drug-likeness (QED) is 0.672. The number of rotatable bonds is 2. The summed E-state index contributed by atoms with van der Waals surface area (Å²) in [5.74, 6) is 1.79. The van der Waals surface area contributed by atoms with E-state index in [-0.39, 0.29) is 5.41 Å². The van der Waals surface area contributed by atoms with Gasteiger partial charge in [0.05, 0.1) is 0 Å². The maximum atomic E-state index is 2.37. The van der Waals surface area contributed by atoms with E-state index in [4.69, 9.17) is 0 Å². The summed E-state index contributed by atoms with van der Waals surface area (Å²) in [6, 6.07) is 22.6. The minimum Gasteiger partial charge on any atom is -0.0622 e. The van der Waals surface area contributed by atoms with Crippen molar-refractivity contribution in [3.8, 4) is 0 Å². The molecule has 2 saturated carbocycles. The zero-order chi connectivity index (χ0) is 14.1. The van der Waals surface area contributed by atoms with Crippen molar-refractivity contribution in [1.82, 2.24) is 0 Å². The smallest absolute Gasteiger partial charge is 0.0233 e. The SMILES string of the molecule is c1ccc(C2(c3ccccc3)CCC3CCCCC32)cc1. The molecule has 0 N–H and O–H groups in total. The summed E-state index contributed by atoms with van der Waals surface area (Å²) >= 11 is 0. The first kappa shape index (κ1) is 13.1. The molecule has 0 nitrogen and oxygen atoms in total. The van der Waals surface area contributed by atoms with Crippen LogP contribution in [0.5, 0.6) is 0 Å². The molecule has 0 saturated heterocycles. The molecule has 2 fully saturated rings. The first-order chi connectivity index (χ1) is 10.4. The third kappa shape index (κ3) is 2.04. The third-order valence-corrected chi connectivity index (χ3v) is 6.03. The van der Waals surface area contributed by atoms with Crippen molar-refractivity contribution < 1.29 is 0 Å². The molecule has 0 bridgehead atoms. The normalized spacial score (nSPS) is 27.2. The van der Waals surface area contributed by atoms with Crippen LogP contribution in [-0.2, 0) is 5.41 Å². The Morgan fingerprint density at radius 2 is 1.24 bits per heavy atom. The Hall–Kier alpha value is -1.56. The molecule has 2 unspecified atom stereocenters. The second-order valence-electron chi connectivity index (χ2n) is 6.89. The van der Waals surface area contributed by atoms with Crippen molar-refractivity contribution in [2.45, 2.75) is 43.9 Å². The zero-order valence-electron chi connectivity index (χ0n) is 12.7. The molecule has 0 heteroatoms. The maximum absolute atomic E-state index is 2.37. The molecule has 0 spiro atoms. The molecule has 2 aliphatic carbocycles. The average Bonchev–Trinajstić information content (AvgIpc) is 2.97. The van der Waals surface area contributed by atoms with E-state index in [1.165, 1.54) is 38.5 Å². The van der Waals surface area contributed by atoms with Crippen LogP contribution in [0.1, 0.15) is 49.7 Å². The highest BCUT2D eigenvalue weighted by atomic mass is 14.5. The molecular formula is C21H24. The molecule has 0 heterocycles. The van der Waals surface area contributed by atoms with Gasteiger partial charge in [0.2, 0.25) is 0 Å². The van der Waals surface area contributed by atoms with E-state index >= 15 is 0 Å². The van der Waals surface area contributed by atoms with Gasteiger partial charge in [-0.05, 0) is 42.2 Å². The number of fused-ring (bicyclic) bond motifs is 1. The number of hydrogen-bond acceptors (Lipinski definition) is 0. The molecule has 0 amide bonds. The van der Waals surface area contributed by atoms with E-state index in [0.717, 1.165) is 11.8 Å². The lowest BCUT2D eigenvalue weighted by Crippen LogP contribution is -2.35. The van der Waals surface area contributed by atoms with Crippen LogP contribution in [0.2, 0.25) is 0 Å². The van der Waals surface area contributed by atoms with Gasteiger partial charge in [0, 0.05) is 5.41 Å². The maximum Gasteiger partial charge on any atom is 0.0233 e. The van der Waals surface area contributed by atoms with Gasteiger partial charge in [0.25, 0.3) is 0 Å².